The van der Waals surface area contributed by atoms with E-state index in [0.29, 0.717) is 25.8 Å². The number of nitrogens with zero attached hydrogens (tertiary/aromatic N) is 2. The maximum atomic E-state index is 13.1. The molecule has 0 spiro atoms. The van der Waals surface area contributed by atoms with Gasteiger partial charge in [0.2, 0.25) is 0 Å². The Morgan fingerprint density at radius 3 is 2.20 bits per heavy atom. The predicted octanol–water partition coefficient (Wildman–Crippen LogP) is 7.07. The lowest BCUT2D eigenvalue weighted by Crippen LogP contribution is -2.27. The number of carbonyl (C=O) groups excluding carboxylic acids is 2. The van der Waals surface area contributed by atoms with Gasteiger partial charge in [-0.05, 0) is 103 Å². The molecule has 1 aliphatic heterocycles. The third kappa shape index (κ3) is 5.98. The Balaban J connectivity index is 1.47. The van der Waals surface area contributed by atoms with E-state index in [1.54, 1.807) is 30.3 Å². The molecule has 0 unspecified atom stereocenters. The zero-order valence-corrected chi connectivity index (χ0v) is 21.7. The second kappa shape index (κ2) is 10.7. The van der Waals surface area contributed by atoms with Crippen LogP contribution in [0.3, 0.4) is 0 Å². The maximum absolute atomic E-state index is 13.1. The van der Waals surface area contributed by atoms with Crippen LogP contribution in [0.15, 0.2) is 74.5 Å². The monoisotopic (exact) mass is 620 g/mol. The Bertz CT molecular complexity index is 1320. The van der Waals surface area contributed by atoms with Crippen molar-refractivity contribution < 1.29 is 23.6 Å². The Hall–Kier alpha value is -3.02. The minimum atomic E-state index is -0.464. The molecule has 0 aliphatic carbocycles. The first kappa shape index (κ1) is 25.1. The molecule has 4 rings (SSSR count). The molecule has 35 heavy (non-hydrogen) atoms. The van der Waals surface area contributed by atoms with Gasteiger partial charge in [-0.15, -0.1) is 0 Å². The van der Waals surface area contributed by atoms with Gasteiger partial charge >= 0.3 is 0 Å². The van der Waals surface area contributed by atoms with Crippen molar-refractivity contribution in [3.8, 4) is 5.75 Å². The molecule has 178 valence electrons. The summed E-state index contributed by atoms with van der Waals surface area (Å²) in [6.07, 6.45) is 1.62. The Morgan fingerprint density at radius 2 is 1.60 bits per heavy atom. The highest BCUT2D eigenvalue weighted by Gasteiger charge is 2.35. The molecule has 11 heteroatoms. The normalized spacial score (nSPS) is 14.6. The average Bonchev–Trinajstić information content (AvgIpc) is 3.07. The van der Waals surface area contributed by atoms with Crippen molar-refractivity contribution in [1.29, 1.82) is 0 Å². The fraction of sp³-hybridized carbons (Fsp3) is 0.0833. The summed E-state index contributed by atoms with van der Waals surface area (Å²) in [5.41, 5.74) is 2.07. The number of halogens is 3. The van der Waals surface area contributed by atoms with Crippen LogP contribution in [0.25, 0.3) is 6.08 Å². The van der Waals surface area contributed by atoms with E-state index in [1.165, 1.54) is 36.4 Å². The second-order valence-electron chi connectivity index (χ2n) is 7.42. The number of carbonyl (C=O) groups is 2. The van der Waals surface area contributed by atoms with Crippen molar-refractivity contribution in [1.82, 2.24) is 4.90 Å². The number of nitro benzene ring substituents is 1. The summed E-state index contributed by atoms with van der Waals surface area (Å²) in [5, 5.41) is 10.4. The Labute approximate surface area is 220 Å². The number of amides is 2. The number of nitro groups is 1. The Morgan fingerprint density at radius 1 is 1.00 bits per heavy atom. The molecule has 2 amide bonds. The van der Waals surface area contributed by atoms with E-state index in [1.807, 2.05) is 0 Å². The molecule has 0 aromatic heterocycles. The highest BCUT2D eigenvalue weighted by atomic mass is 79.9. The zero-order chi connectivity index (χ0) is 25.1. The fourth-order valence-corrected chi connectivity index (χ4v) is 5.52. The van der Waals surface area contributed by atoms with Gasteiger partial charge in [-0.2, -0.15) is 0 Å². The topological polar surface area (TPSA) is 89.7 Å². The van der Waals surface area contributed by atoms with Gasteiger partial charge in [0.25, 0.3) is 16.8 Å². The summed E-state index contributed by atoms with van der Waals surface area (Å²) < 4.78 is 20.2. The maximum Gasteiger partial charge on any atom is 0.293 e. The molecule has 3 aromatic rings. The summed E-state index contributed by atoms with van der Waals surface area (Å²) in [6, 6.07) is 15.2. The van der Waals surface area contributed by atoms with Crippen molar-refractivity contribution in [2.75, 3.05) is 0 Å². The van der Waals surface area contributed by atoms with Gasteiger partial charge < -0.3 is 4.74 Å². The lowest BCUT2D eigenvalue weighted by atomic mass is 10.2. The first-order valence-electron chi connectivity index (χ1n) is 10.1. The van der Waals surface area contributed by atoms with Crippen molar-refractivity contribution in [2.24, 2.45) is 0 Å². The predicted molar refractivity (Wildman–Crippen MR) is 137 cm³/mol. The van der Waals surface area contributed by atoms with Crippen LogP contribution in [0.4, 0.5) is 14.9 Å². The van der Waals surface area contributed by atoms with Crippen LogP contribution in [0, 0.1) is 15.9 Å². The molecular formula is C24H15Br2FN2O5S. The lowest BCUT2D eigenvalue weighted by molar-refractivity contribution is -0.384. The minimum absolute atomic E-state index is 0.00236. The van der Waals surface area contributed by atoms with E-state index >= 15 is 0 Å². The molecule has 3 aromatic carbocycles. The number of ether oxygens (including phenoxy) is 1. The van der Waals surface area contributed by atoms with Crippen LogP contribution in [0.5, 0.6) is 5.75 Å². The molecule has 1 heterocycles. The standard InChI is InChI=1S/C24H15Br2FN2O5S/c25-19-9-16(10-20(26)22(19)34-13-15-3-7-18(8-4-15)29(32)33)11-21-23(30)28(24(31)35-21)12-14-1-5-17(27)6-2-14/h1-11H,12-13H2. The highest BCUT2D eigenvalue weighted by molar-refractivity contribution is 9.11. The number of hydrogen-bond donors (Lipinski definition) is 0. The summed E-state index contributed by atoms with van der Waals surface area (Å²) >= 11 is 7.77. The number of hydrogen-bond acceptors (Lipinski definition) is 6. The zero-order valence-electron chi connectivity index (χ0n) is 17.7. The number of imide groups is 1. The van der Waals surface area contributed by atoms with Gasteiger partial charge in [0.1, 0.15) is 18.2 Å². The van der Waals surface area contributed by atoms with E-state index in [4.69, 9.17) is 4.74 Å². The minimum Gasteiger partial charge on any atom is -0.487 e. The number of non-ortho nitro benzene ring substituents is 1. The van der Waals surface area contributed by atoms with E-state index in [0.717, 1.165) is 22.2 Å². The first-order chi connectivity index (χ1) is 16.7. The lowest BCUT2D eigenvalue weighted by Gasteiger charge is -2.12. The molecule has 0 N–H and O–H groups in total. The van der Waals surface area contributed by atoms with E-state index in [9.17, 15) is 24.1 Å². The van der Waals surface area contributed by atoms with Gasteiger partial charge in [-0.3, -0.25) is 24.6 Å². The third-order valence-corrected chi connectivity index (χ3v) is 7.06. The molecule has 7 nitrogen and oxygen atoms in total. The average molecular weight is 622 g/mol. The first-order valence-corrected chi connectivity index (χ1v) is 12.5. The van der Waals surface area contributed by atoms with Crippen molar-refractivity contribution in [2.45, 2.75) is 13.2 Å². The molecule has 0 atom stereocenters. The van der Waals surface area contributed by atoms with Crippen LogP contribution < -0.4 is 4.74 Å². The third-order valence-electron chi connectivity index (χ3n) is 4.98. The second-order valence-corrected chi connectivity index (χ2v) is 10.1. The van der Waals surface area contributed by atoms with E-state index in [-0.39, 0.29) is 29.6 Å². The van der Waals surface area contributed by atoms with Crippen LogP contribution in [0.1, 0.15) is 16.7 Å². The summed E-state index contributed by atoms with van der Waals surface area (Å²) in [4.78, 5) is 36.9. The molecule has 1 fully saturated rings. The van der Waals surface area contributed by atoms with Gasteiger partial charge in [-0.1, -0.05) is 12.1 Å². The summed E-state index contributed by atoms with van der Waals surface area (Å²) in [6.45, 7) is 0.252. The molecular weight excluding hydrogens is 607 g/mol. The van der Waals surface area contributed by atoms with E-state index in [2.05, 4.69) is 31.9 Å². The van der Waals surface area contributed by atoms with Gasteiger partial charge in [0, 0.05) is 12.1 Å². The van der Waals surface area contributed by atoms with Crippen LogP contribution in [0.2, 0.25) is 0 Å². The van der Waals surface area contributed by atoms with Crippen LogP contribution >= 0.6 is 43.6 Å². The van der Waals surface area contributed by atoms with Gasteiger partial charge in [-0.25, -0.2) is 4.39 Å². The fourth-order valence-electron chi connectivity index (χ4n) is 3.23. The van der Waals surface area contributed by atoms with Crippen LogP contribution in [-0.2, 0) is 17.9 Å². The molecule has 1 aliphatic rings. The van der Waals surface area contributed by atoms with Crippen molar-refractivity contribution >= 4 is 66.5 Å². The van der Waals surface area contributed by atoms with E-state index < -0.39 is 16.1 Å². The Kier molecular flexibility index (Phi) is 7.68. The molecule has 0 saturated carbocycles. The molecule has 1 saturated heterocycles. The van der Waals surface area contributed by atoms with Crippen molar-refractivity contribution in [3.63, 3.8) is 0 Å². The largest absolute Gasteiger partial charge is 0.487 e. The number of benzene rings is 3. The smallest absolute Gasteiger partial charge is 0.293 e. The quantitative estimate of drug-likeness (QED) is 0.159. The molecule has 0 radical (unpaired) electrons. The van der Waals surface area contributed by atoms with Crippen LogP contribution in [-0.4, -0.2) is 21.0 Å². The highest BCUT2D eigenvalue weighted by Crippen LogP contribution is 2.38. The summed E-state index contributed by atoms with van der Waals surface area (Å²) in [7, 11) is 0. The molecule has 0 bridgehead atoms. The van der Waals surface area contributed by atoms with Gasteiger partial charge in [0.15, 0.2) is 0 Å². The SMILES string of the molecule is O=C1SC(=Cc2cc(Br)c(OCc3ccc([N+](=O)[O-])cc3)c(Br)c2)C(=O)N1Cc1ccc(F)cc1. The number of thioether (sulfide) groups is 1. The van der Waals surface area contributed by atoms with Gasteiger partial charge in [0.05, 0.1) is 25.3 Å². The number of rotatable bonds is 7. The van der Waals surface area contributed by atoms with Crippen molar-refractivity contribution in [3.05, 3.63) is 107 Å². The summed E-state index contributed by atoms with van der Waals surface area (Å²) in [5.74, 6) is -0.293.